The molecule has 0 N–H and O–H groups in total. The molecule has 3 rings (SSSR count). The molecule has 3 aromatic rings. The van der Waals surface area contributed by atoms with Gasteiger partial charge in [-0.2, -0.15) is 4.98 Å². The second kappa shape index (κ2) is 8.57. The Labute approximate surface area is 165 Å². The molecule has 2 heterocycles. The van der Waals surface area contributed by atoms with Gasteiger partial charge in [0.25, 0.3) is 5.69 Å². The van der Waals surface area contributed by atoms with Crippen LogP contribution >= 0.6 is 11.6 Å². The number of non-ortho nitro benzene ring substituents is 1. The van der Waals surface area contributed by atoms with Gasteiger partial charge in [0.2, 0.25) is 17.6 Å². The zero-order chi connectivity index (χ0) is 20.1. The Kier molecular flexibility index (Phi) is 5.95. The van der Waals surface area contributed by atoms with Crippen molar-refractivity contribution in [3.05, 3.63) is 69.3 Å². The van der Waals surface area contributed by atoms with Gasteiger partial charge in [-0.25, -0.2) is 0 Å². The van der Waals surface area contributed by atoms with Crippen LogP contribution in [0.1, 0.15) is 17.9 Å². The number of aryl methyl sites for hydroxylation is 1. The highest BCUT2D eigenvalue weighted by Gasteiger charge is 2.16. The van der Waals surface area contributed by atoms with Crippen molar-refractivity contribution >= 4 is 23.2 Å². The molecule has 0 radical (unpaired) electrons. The number of nitrogens with zero attached hydrogens (tertiary/aromatic N) is 5. The lowest BCUT2D eigenvalue weighted by atomic mass is 10.2. The Hall–Kier alpha value is -3.33. The van der Waals surface area contributed by atoms with Gasteiger partial charge in [0, 0.05) is 61.5 Å². The van der Waals surface area contributed by atoms with Crippen LogP contribution in [0.4, 0.5) is 5.69 Å². The van der Waals surface area contributed by atoms with E-state index in [4.69, 9.17) is 16.1 Å². The highest BCUT2D eigenvalue weighted by atomic mass is 35.5. The Morgan fingerprint density at radius 3 is 2.75 bits per heavy atom. The van der Waals surface area contributed by atoms with Gasteiger partial charge in [-0.1, -0.05) is 16.8 Å². The van der Waals surface area contributed by atoms with Crippen molar-refractivity contribution in [2.75, 3.05) is 7.05 Å². The van der Waals surface area contributed by atoms with E-state index in [-0.39, 0.29) is 31.0 Å². The number of nitro groups is 1. The van der Waals surface area contributed by atoms with Crippen molar-refractivity contribution < 1.29 is 14.2 Å². The van der Waals surface area contributed by atoms with E-state index in [0.717, 1.165) is 5.56 Å². The van der Waals surface area contributed by atoms with Gasteiger partial charge in [-0.05, 0) is 23.8 Å². The minimum atomic E-state index is -0.502. The summed E-state index contributed by atoms with van der Waals surface area (Å²) in [6.07, 6.45) is 3.69. The number of carbonyl (C=O) groups is 1. The second-order valence-corrected chi connectivity index (χ2v) is 6.44. The molecule has 0 aliphatic heterocycles. The molecule has 0 aliphatic carbocycles. The summed E-state index contributed by atoms with van der Waals surface area (Å²) in [7, 11) is 1.60. The molecule has 0 bridgehead atoms. The number of amides is 1. The van der Waals surface area contributed by atoms with Gasteiger partial charge < -0.3 is 9.42 Å². The van der Waals surface area contributed by atoms with Crippen LogP contribution in [0.5, 0.6) is 0 Å². The minimum absolute atomic E-state index is 0.0743. The molecule has 0 spiro atoms. The molecule has 10 heteroatoms. The predicted molar refractivity (Wildman–Crippen MR) is 100 cm³/mol. The summed E-state index contributed by atoms with van der Waals surface area (Å²) in [4.78, 5) is 32.4. The first-order valence-electron chi connectivity index (χ1n) is 8.34. The number of pyridine rings is 1. The van der Waals surface area contributed by atoms with Crippen LogP contribution in [-0.4, -0.2) is 37.9 Å². The summed E-state index contributed by atoms with van der Waals surface area (Å²) >= 11 is 6.09. The van der Waals surface area contributed by atoms with E-state index in [2.05, 4.69) is 15.1 Å². The van der Waals surface area contributed by atoms with E-state index >= 15 is 0 Å². The standard InChI is InChI=1S/C18H16ClN5O4/c1-23(11-13-10-14(24(26)27)2-3-15(13)19)17(25)5-4-16-21-18(22-28-16)12-6-8-20-9-7-12/h2-3,6-10H,4-5,11H2,1H3. The van der Waals surface area contributed by atoms with Crippen molar-refractivity contribution in [3.63, 3.8) is 0 Å². The van der Waals surface area contributed by atoms with E-state index < -0.39 is 4.92 Å². The number of aromatic nitrogens is 3. The van der Waals surface area contributed by atoms with E-state index in [9.17, 15) is 14.9 Å². The molecule has 9 nitrogen and oxygen atoms in total. The molecule has 0 fully saturated rings. The highest BCUT2D eigenvalue weighted by Crippen LogP contribution is 2.23. The van der Waals surface area contributed by atoms with Crippen molar-refractivity contribution in [1.82, 2.24) is 20.0 Å². The number of hydrogen-bond acceptors (Lipinski definition) is 7. The molecule has 0 atom stereocenters. The lowest BCUT2D eigenvalue weighted by Crippen LogP contribution is -2.26. The van der Waals surface area contributed by atoms with E-state index in [1.165, 1.54) is 23.1 Å². The lowest BCUT2D eigenvalue weighted by molar-refractivity contribution is -0.384. The van der Waals surface area contributed by atoms with Crippen molar-refractivity contribution in [1.29, 1.82) is 0 Å². The molecule has 28 heavy (non-hydrogen) atoms. The Bertz CT molecular complexity index is 993. The van der Waals surface area contributed by atoms with Gasteiger partial charge in [0.15, 0.2) is 0 Å². The maximum atomic E-state index is 12.4. The van der Waals surface area contributed by atoms with Crippen molar-refractivity contribution in [2.45, 2.75) is 19.4 Å². The van der Waals surface area contributed by atoms with Gasteiger partial charge in [0.05, 0.1) is 4.92 Å². The molecule has 1 amide bonds. The van der Waals surface area contributed by atoms with Gasteiger partial charge >= 0.3 is 0 Å². The van der Waals surface area contributed by atoms with Crippen molar-refractivity contribution in [3.8, 4) is 11.4 Å². The van der Waals surface area contributed by atoms with Crippen LogP contribution in [0, 0.1) is 10.1 Å². The number of rotatable bonds is 7. The normalized spacial score (nSPS) is 10.6. The van der Waals surface area contributed by atoms with Crippen molar-refractivity contribution in [2.24, 2.45) is 0 Å². The molecule has 1 aromatic carbocycles. The fourth-order valence-electron chi connectivity index (χ4n) is 2.52. The van der Waals surface area contributed by atoms with Gasteiger partial charge in [-0.15, -0.1) is 0 Å². The summed E-state index contributed by atoms with van der Waals surface area (Å²) in [6, 6.07) is 7.66. The van der Waals surface area contributed by atoms with Gasteiger partial charge in [0.1, 0.15) is 0 Å². The summed E-state index contributed by atoms with van der Waals surface area (Å²) in [5.41, 5.74) is 1.20. The molecule has 0 saturated heterocycles. The number of benzene rings is 1. The quantitative estimate of drug-likeness (QED) is 0.440. The summed E-state index contributed by atoms with van der Waals surface area (Å²) < 4.78 is 5.18. The van der Waals surface area contributed by atoms with Crippen LogP contribution in [0.3, 0.4) is 0 Å². The monoisotopic (exact) mass is 401 g/mol. The Balaban J connectivity index is 1.59. The molecule has 2 aromatic heterocycles. The fraction of sp³-hybridized carbons (Fsp3) is 0.222. The second-order valence-electron chi connectivity index (χ2n) is 6.03. The summed E-state index contributed by atoms with van der Waals surface area (Å²) in [5, 5.41) is 15.2. The number of nitro benzene ring substituents is 1. The van der Waals surface area contributed by atoms with Crippen LogP contribution < -0.4 is 0 Å². The highest BCUT2D eigenvalue weighted by molar-refractivity contribution is 6.31. The number of halogens is 1. The van der Waals surface area contributed by atoms with Crippen LogP contribution in [0.15, 0.2) is 47.2 Å². The first kappa shape index (κ1) is 19.4. The smallest absolute Gasteiger partial charge is 0.269 e. The third kappa shape index (κ3) is 4.68. The molecule has 144 valence electrons. The average molecular weight is 402 g/mol. The van der Waals surface area contributed by atoms with Crippen LogP contribution in [-0.2, 0) is 17.8 Å². The zero-order valence-electron chi connectivity index (χ0n) is 14.9. The number of hydrogen-bond donors (Lipinski definition) is 0. The predicted octanol–water partition coefficient (Wildman–Crippen LogP) is 3.28. The molecule has 0 aliphatic rings. The van der Waals surface area contributed by atoms with E-state index in [1.54, 1.807) is 31.6 Å². The Morgan fingerprint density at radius 2 is 2.04 bits per heavy atom. The third-order valence-electron chi connectivity index (χ3n) is 4.03. The molecule has 0 saturated carbocycles. The van der Waals surface area contributed by atoms with Crippen LogP contribution in [0.25, 0.3) is 11.4 Å². The largest absolute Gasteiger partial charge is 0.341 e. The fourth-order valence-corrected chi connectivity index (χ4v) is 2.70. The summed E-state index contributed by atoms with van der Waals surface area (Å²) in [5.74, 6) is 0.606. The first-order valence-corrected chi connectivity index (χ1v) is 8.71. The molecular weight excluding hydrogens is 386 g/mol. The average Bonchev–Trinajstić information content (AvgIpc) is 3.17. The van der Waals surface area contributed by atoms with E-state index in [1.807, 2.05) is 0 Å². The Morgan fingerprint density at radius 1 is 1.29 bits per heavy atom. The molecule has 0 unspecified atom stereocenters. The number of carbonyl (C=O) groups excluding carboxylic acids is 1. The topological polar surface area (TPSA) is 115 Å². The maximum absolute atomic E-state index is 12.4. The minimum Gasteiger partial charge on any atom is -0.341 e. The molecular formula is C18H16ClN5O4. The first-order chi connectivity index (χ1) is 13.4. The van der Waals surface area contributed by atoms with E-state index in [0.29, 0.717) is 22.3 Å². The van der Waals surface area contributed by atoms with Crippen LogP contribution in [0.2, 0.25) is 5.02 Å². The maximum Gasteiger partial charge on any atom is 0.269 e. The summed E-state index contributed by atoms with van der Waals surface area (Å²) in [6.45, 7) is 0.158. The SMILES string of the molecule is CN(Cc1cc([N+](=O)[O-])ccc1Cl)C(=O)CCc1nc(-c2ccncc2)no1. The third-order valence-corrected chi connectivity index (χ3v) is 4.40. The zero-order valence-corrected chi connectivity index (χ0v) is 15.7. The van der Waals surface area contributed by atoms with Gasteiger partial charge in [-0.3, -0.25) is 19.9 Å². The lowest BCUT2D eigenvalue weighted by Gasteiger charge is -2.17.